The van der Waals surface area contributed by atoms with E-state index in [4.69, 9.17) is 0 Å². The molecule has 2 aliphatic heterocycles. The van der Waals surface area contributed by atoms with Crippen LogP contribution in [-0.2, 0) is 16.6 Å². The minimum absolute atomic E-state index is 0.0597. The monoisotopic (exact) mass is 582 g/mol. The first-order valence-corrected chi connectivity index (χ1v) is 14.8. The van der Waals surface area contributed by atoms with Gasteiger partial charge in [0.25, 0.3) is 0 Å². The predicted octanol–water partition coefficient (Wildman–Crippen LogP) is 6.08. The molecule has 12 heteroatoms. The van der Waals surface area contributed by atoms with Crippen LogP contribution >= 0.6 is 0 Å². The first-order chi connectivity index (χ1) is 18.9. The average Bonchev–Trinajstić information content (AvgIpc) is 3.51. The molecular formula is C28H41F3N6O2S. The Morgan fingerprint density at radius 3 is 2.42 bits per heavy atom. The summed E-state index contributed by atoms with van der Waals surface area (Å²) in [7, 11) is -3.99. The van der Waals surface area contributed by atoms with Gasteiger partial charge in [-0.25, -0.2) is 22.2 Å². The molecule has 1 saturated heterocycles. The highest BCUT2D eigenvalue weighted by atomic mass is 32.2. The first-order valence-electron chi connectivity index (χ1n) is 13.3. The lowest BCUT2D eigenvalue weighted by molar-refractivity contribution is 0.0538. The fraction of sp³-hybridized carbons (Fsp3) is 0.500. The molecule has 1 fully saturated rings. The number of hydrogen-bond acceptors (Lipinski definition) is 6. The van der Waals surface area contributed by atoms with Gasteiger partial charge in [-0.2, -0.15) is 19.0 Å². The van der Waals surface area contributed by atoms with Crippen molar-refractivity contribution >= 4 is 21.9 Å². The largest absolute Gasteiger partial charge is 0.369 e. The molecule has 2 aromatic rings. The quantitative estimate of drug-likeness (QED) is 0.400. The third kappa shape index (κ3) is 7.75. The van der Waals surface area contributed by atoms with Crippen LogP contribution in [-0.4, -0.2) is 54.7 Å². The number of fused-ring (bicyclic) bond motifs is 1. The molecule has 0 aliphatic carbocycles. The normalized spacial score (nSPS) is 17.6. The maximum atomic E-state index is 13.1. The SMILES string of the molecule is C/C=C(\C)N1Cc2cccc(N3CCC(NS(=O)(=O)c4c(C)nn(C(F)F)c4C)C3)c2C=N1.C=CC(C)F.CC. The minimum Gasteiger partial charge on any atom is -0.369 e. The van der Waals surface area contributed by atoms with Gasteiger partial charge < -0.3 is 4.90 Å². The zero-order valence-electron chi connectivity index (χ0n) is 24.3. The molecule has 0 saturated carbocycles. The van der Waals surface area contributed by atoms with Gasteiger partial charge in [0.05, 0.1) is 24.1 Å². The second kappa shape index (κ2) is 14.5. The van der Waals surface area contributed by atoms with Crippen LogP contribution in [0, 0.1) is 13.8 Å². The first kappa shape index (κ1) is 33.1. The number of alkyl halides is 3. The maximum absolute atomic E-state index is 13.1. The number of hydrazone groups is 1. The predicted molar refractivity (Wildman–Crippen MR) is 155 cm³/mol. The van der Waals surface area contributed by atoms with Gasteiger partial charge in [-0.05, 0) is 52.7 Å². The number of halogens is 3. The van der Waals surface area contributed by atoms with Crippen LogP contribution < -0.4 is 9.62 Å². The molecule has 3 heterocycles. The summed E-state index contributed by atoms with van der Waals surface area (Å²) in [6.07, 6.45) is 4.86. The lowest BCUT2D eigenvalue weighted by Crippen LogP contribution is -2.37. The van der Waals surface area contributed by atoms with E-state index in [9.17, 15) is 21.6 Å². The van der Waals surface area contributed by atoms with Gasteiger partial charge in [0, 0.05) is 36.1 Å². The highest BCUT2D eigenvalue weighted by molar-refractivity contribution is 7.89. The van der Waals surface area contributed by atoms with Gasteiger partial charge in [0.15, 0.2) is 0 Å². The molecule has 1 aromatic carbocycles. The summed E-state index contributed by atoms with van der Waals surface area (Å²) in [5.41, 5.74) is 4.25. The highest BCUT2D eigenvalue weighted by Gasteiger charge is 2.33. The molecule has 2 aliphatic rings. The van der Waals surface area contributed by atoms with E-state index in [0.29, 0.717) is 30.7 Å². The van der Waals surface area contributed by atoms with Crippen LogP contribution in [0.3, 0.4) is 0 Å². The van der Waals surface area contributed by atoms with Crippen LogP contribution in [0.1, 0.15) is 70.1 Å². The number of aromatic nitrogens is 2. The summed E-state index contributed by atoms with van der Waals surface area (Å²) in [6, 6.07) is 5.74. The van der Waals surface area contributed by atoms with E-state index in [0.717, 1.165) is 22.5 Å². The number of allylic oxidation sites excluding steroid dienone is 3. The van der Waals surface area contributed by atoms with Crippen molar-refractivity contribution in [3.05, 3.63) is 65.1 Å². The fourth-order valence-electron chi connectivity index (χ4n) is 4.44. The van der Waals surface area contributed by atoms with Crippen LogP contribution in [0.2, 0.25) is 0 Å². The van der Waals surface area contributed by atoms with E-state index in [1.165, 1.54) is 26.8 Å². The highest BCUT2D eigenvalue weighted by Crippen LogP contribution is 2.31. The lowest BCUT2D eigenvalue weighted by atomic mass is 10.0. The van der Waals surface area contributed by atoms with Gasteiger partial charge in [-0.3, -0.25) is 5.01 Å². The van der Waals surface area contributed by atoms with E-state index in [-0.39, 0.29) is 22.3 Å². The number of rotatable bonds is 7. The topological polar surface area (TPSA) is 82.8 Å². The van der Waals surface area contributed by atoms with Crippen molar-refractivity contribution in [2.24, 2.45) is 5.10 Å². The van der Waals surface area contributed by atoms with Crippen LogP contribution in [0.4, 0.5) is 18.9 Å². The van der Waals surface area contributed by atoms with Gasteiger partial charge in [0.2, 0.25) is 10.0 Å². The van der Waals surface area contributed by atoms with Gasteiger partial charge >= 0.3 is 6.55 Å². The van der Waals surface area contributed by atoms with Crippen molar-refractivity contribution < 1.29 is 21.6 Å². The Hall–Kier alpha value is -3.12. The van der Waals surface area contributed by atoms with Gasteiger partial charge in [0.1, 0.15) is 11.1 Å². The Morgan fingerprint density at radius 1 is 1.23 bits per heavy atom. The van der Waals surface area contributed by atoms with Crippen LogP contribution in [0.5, 0.6) is 0 Å². The summed E-state index contributed by atoms with van der Waals surface area (Å²) in [5.74, 6) is 0. The van der Waals surface area contributed by atoms with E-state index in [1.54, 1.807) is 0 Å². The van der Waals surface area contributed by atoms with Crippen LogP contribution in [0.25, 0.3) is 0 Å². The van der Waals surface area contributed by atoms with Gasteiger partial charge in [-0.15, -0.1) is 6.58 Å². The molecule has 0 amide bonds. The molecule has 222 valence electrons. The molecule has 40 heavy (non-hydrogen) atoms. The molecule has 2 unspecified atom stereocenters. The number of anilines is 1. The standard InChI is InChI=1S/C22H28F2N6O2S.C4H7F.C2H6/c1-5-14(2)29-12-17-7-6-8-20(19(17)11-25-29)28-10-9-18(13-28)27-33(31,32)21-15(3)26-30(16(21)4)22(23)24;1-3-4(2)5;1-2/h5-8,11,18,22,27H,9-10,12-13H2,1-4H3;3-4H,1H2,2H3;1-2H3/b14-5+;;. The Balaban J connectivity index is 0.000000722. The number of aryl methyl sites for hydroxylation is 1. The number of nitrogens with zero attached hydrogens (tertiary/aromatic N) is 5. The van der Waals surface area contributed by atoms with E-state index in [1.807, 2.05) is 57.1 Å². The molecular weight excluding hydrogens is 541 g/mol. The number of hydrogen-bond donors (Lipinski definition) is 1. The van der Waals surface area contributed by atoms with E-state index in [2.05, 4.69) is 32.5 Å². The summed E-state index contributed by atoms with van der Waals surface area (Å²) < 4.78 is 66.8. The van der Waals surface area contributed by atoms with Crippen molar-refractivity contribution in [3.63, 3.8) is 0 Å². The molecule has 8 nitrogen and oxygen atoms in total. The number of nitrogens with one attached hydrogen (secondary N) is 1. The second-order valence-electron chi connectivity index (χ2n) is 9.27. The van der Waals surface area contributed by atoms with E-state index < -0.39 is 22.7 Å². The van der Waals surface area contributed by atoms with Crippen molar-refractivity contribution in [1.29, 1.82) is 0 Å². The molecule has 2 atom stereocenters. The number of sulfonamides is 1. The lowest BCUT2D eigenvalue weighted by Gasteiger charge is -2.28. The third-order valence-electron chi connectivity index (χ3n) is 6.53. The molecule has 1 aromatic heterocycles. The average molecular weight is 583 g/mol. The Labute approximate surface area is 236 Å². The van der Waals surface area contributed by atoms with Crippen molar-refractivity contribution in [1.82, 2.24) is 19.5 Å². The third-order valence-corrected chi connectivity index (χ3v) is 8.30. The molecule has 0 spiro atoms. The number of benzene rings is 1. The summed E-state index contributed by atoms with van der Waals surface area (Å²) >= 11 is 0. The minimum atomic E-state index is -3.99. The van der Waals surface area contributed by atoms with Crippen LogP contribution in [0.15, 0.2) is 52.6 Å². The molecule has 4 rings (SSSR count). The molecule has 1 N–H and O–H groups in total. The zero-order chi connectivity index (χ0) is 30.2. The summed E-state index contributed by atoms with van der Waals surface area (Å²) in [6.45, 7) is 14.3. The summed E-state index contributed by atoms with van der Waals surface area (Å²) in [5, 5.41) is 10.2. The Morgan fingerprint density at radius 2 is 1.88 bits per heavy atom. The Kier molecular flexibility index (Phi) is 12.0. The Bertz CT molecular complexity index is 1320. The van der Waals surface area contributed by atoms with Crippen molar-refractivity contribution in [2.75, 3.05) is 18.0 Å². The van der Waals surface area contributed by atoms with E-state index >= 15 is 0 Å². The second-order valence-corrected chi connectivity index (χ2v) is 10.9. The fourth-order valence-corrected chi connectivity index (χ4v) is 6.10. The van der Waals surface area contributed by atoms with Crippen molar-refractivity contribution in [2.45, 2.75) is 85.1 Å². The zero-order valence-corrected chi connectivity index (χ0v) is 25.1. The maximum Gasteiger partial charge on any atom is 0.333 e. The summed E-state index contributed by atoms with van der Waals surface area (Å²) in [4.78, 5) is 1.96. The smallest absolute Gasteiger partial charge is 0.333 e. The molecule has 0 bridgehead atoms. The molecule has 0 radical (unpaired) electrons. The van der Waals surface area contributed by atoms with Crippen molar-refractivity contribution in [3.8, 4) is 0 Å². The van der Waals surface area contributed by atoms with Gasteiger partial charge in [-0.1, -0.05) is 38.1 Å².